The van der Waals surface area contributed by atoms with Crippen LogP contribution in [0.3, 0.4) is 0 Å². The molecule has 1 aromatic heterocycles. The highest BCUT2D eigenvalue weighted by Gasteiger charge is 2.27. The summed E-state index contributed by atoms with van der Waals surface area (Å²) in [6.07, 6.45) is 5.68. The number of aliphatic hydroxyl groups is 1. The lowest BCUT2D eigenvalue weighted by Crippen LogP contribution is -2.43. The quantitative estimate of drug-likeness (QED) is 0.819. The highest BCUT2D eigenvalue weighted by molar-refractivity contribution is 5.52. The molecule has 1 saturated carbocycles. The zero-order valence-electron chi connectivity index (χ0n) is 10.6. The maximum Gasteiger partial charge on any atom is 0.128 e. The third-order valence-corrected chi connectivity index (χ3v) is 3.69. The molecule has 2 rings (SSSR count). The lowest BCUT2D eigenvalue weighted by Gasteiger charge is -2.36. The van der Waals surface area contributed by atoms with Gasteiger partial charge in [-0.05, 0) is 31.4 Å². The number of pyridine rings is 1. The summed E-state index contributed by atoms with van der Waals surface area (Å²) >= 11 is 0. The first-order chi connectivity index (χ1) is 8.09. The molecule has 0 radical (unpaired) electrons. The van der Waals surface area contributed by atoms with Crippen LogP contribution in [-0.4, -0.2) is 29.3 Å². The Labute approximate surface area is 102 Å². The molecule has 94 valence electrons. The predicted molar refractivity (Wildman–Crippen MR) is 70.1 cm³/mol. The third kappa shape index (κ3) is 2.52. The molecule has 3 N–H and O–H groups in total. The average Bonchev–Trinajstić information content (AvgIpc) is 2.32. The monoisotopic (exact) mass is 235 g/mol. The van der Waals surface area contributed by atoms with Gasteiger partial charge in [0.05, 0.1) is 24.0 Å². The number of anilines is 2. The summed E-state index contributed by atoms with van der Waals surface area (Å²) in [5.41, 5.74) is 7.51. The minimum absolute atomic E-state index is 0.180. The van der Waals surface area contributed by atoms with Crippen LogP contribution in [0.2, 0.25) is 0 Å². The molecule has 4 heteroatoms. The number of rotatable bonds is 2. The van der Waals surface area contributed by atoms with Gasteiger partial charge in [0.25, 0.3) is 0 Å². The summed E-state index contributed by atoms with van der Waals surface area (Å²) in [6.45, 7) is 1.98. The van der Waals surface area contributed by atoms with Crippen molar-refractivity contribution in [2.75, 3.05) is 17.7 Å². The average molecular weight is 235 g/mol. The smallest absolute Gasteiger partial charge is 0.128 e. The lowest BCUT2D eigenvalue weighted by molar-refractivity contribution is 0.106. The maximum absolute atomic E-state index is 10.0. The molecule has 0 aliphatic heterocycles. The van der Waals surface area contributed by atoms with E-state index >= 15 is 0 Å². The van der Waals surface area contributed by atoms with Crippen molar-refractivity contribution >= 4 is 11.5 Å². The fraction of sp³-hybridized carbons (Fsp3) is 0.615. The second-order valence-corrected chi connectivity index (χ2v) is 4.93. The second kappa shape index (κ2) is 4.92. The summed E-state index contributed by atoms with van der Waals surface area (Å²) in [5, 5.41) is 10.0. The summed E-state index contributed by atoms with van der Waals surface area (Å²) in [6, 6.07) is 2.16. The van der Waals surface area contributed by atoms with Crippen LogP contribution in [0.1, 0.15) is 31.2 Å². The largest absolute Gasteiger partial charge is 0.397 e. The molecule has 0 aromatic carbocycles. The van der Waals surface area contributed by atoms with E-state index in [4.69, 9.17) is 5.73 Å². The predicted octanol–water partition coefficient (Wildman–Crippen LogP) is 1.71. The summed E-state index contributed by atoms with van der Waals surface area (Å²) in [5.74, 6) is 0.891. The Bertz CT molecular complexity index is 394. The van der Waals surface area contributed by atoms with E-state index in [0.29, 0.717) is 5.69 Å². The number of aryl methyl sites for hydroxylation is 1. The SMILES string of the molecule is Cc1cc(N(C)C2CCCCC2O)ncc1N. The van der Waals surface area contributed by atoms with E-state index in [0.717, 1.165) is 30.6 Å². The molecule has 4 nitrogen and oxygen atoms in total. The molecule has 1 heterocycles. The fourth-order valence-corrected chi connectivity index (χ4v) is 2.46. The number of hydrogen-bond donors (Lipinski definition) is 2. The Hall–Kier alpha value is -1.29. The Morgan fingerprint density at radius 3 is 2.76 bits per heavy atom. The van der Waals surface area contributed by atoms with Crippen LogP contribution in [0.25, 0.3) is 0 Å². The first-order valence-electron chi connectivity index (χ1n) is 6.22. The zero-order chi connectivity index (χ0) is 12.4. The number of nitrogen functional groups attached to an aromatic ring is 1. The molecule has 1 fully saturated rings. The van der Waals surface area contributed by atoms with Gasteiger partial charge in [0, 0.05) is 7.05 Å². The van der Waals surface area contributed by atoms with Gasteiger partial charge in [0.2, 0.25) is 0 Å². The van der Waals surface area contributed by atoms with Crippen LogP contribution >= 0.6 is 0 Å². The minimum atomic E-state index is -0.242. The Morgan fingerprint density at radius 1 is 1.41 bits per heavy atom. The van der Waals surface area contributed by atoms with Gasteiger partial charge in [-0.3, -0.25) is 0 Å². The number of nitrogens with two attached hydrogens (primary N) is 1. The Morgan fingerprint density at radius 2 is 2.12 bits per heavy atom. The van der Waals surface area contributed by atoms with Crippen LogP contribution < -0.4 is 10.6 Å². The van der Waals surface area contributed by atoms with E-state index in [9.17, 15) is 5.11 Å². The standard InChI is InChI=1S/C13H21N3O/c1-9-7-13(15-8-10(9)14)16(2)11-5-3-4-6-12(11)17/h7-8,11-12,17H,3-6,14H2,1-2H3. The molecular formula is C13H21N3O. The Kier molecular flexibility index (Phi) is 3.52. The zero-order valence-corrected chi connectivity index (χ0v) is 10.6. The number of nitrogens with zero attached hydrogens (tertiary/aromatic N) is 2. The summed E-state index contributed by atoms with van der Waals surface area (Å²) in [4.78, 5) is 6.42. The molecule has 2 atom stereocenters. The van der Waals surface area contributed by atoms with Crippen molar-refractivity contribution in [2.45, 2.75) is 44.8 Å². The van der Waals surface area contributed by atoms with E-state index in [-0.39, 0.29) is 12.1 Å². The molecule has 0 amide bonds. The van der Waals surface area contributed by atoms with Gasteiger partial charge in [-0.25, -0.2) is 4.98 Å². The molecular weight excluding hydrogens is 214 g/mol. The highest BCUT2D eigenvalue weighted by Crippen LogP contribution is 2.26. The van der Waals surface area contributed by atoms with Crippen molar-refractivity contribution in [1.82, 2.24) is 4.98 Å². The molecule has 1 aliphatic rings. The van der Waals surface area contributed by atoms with E-state index in [1.54, 1.807) is 6.20 Å². The van der Waals surface area contributed by atoms with Gasteiger partial charge < -0.3 is 15.7 Å². The van der Waals surface area contributed by atoms with Crippen molar-refractivity contribution < 1.29 is 5.11 Å². The molecule has 2 unspecified atom stereocenters. The number of aliphatic hydroxyl groups excluding tert-OH is 1. The van der Waals surface area contributed by atoms with Gasteiger partial charge in [-0.2, -0.15) is 0 Å². The lowest BCUT2D eigenvalue weighted by atomic mass is 9.91. The first-order valence-corrected chi connectivity index (χ1v) is 6.22. The van der Waals surface area contributed by atoms with Gasteiger partial charge in [-0.1, -0.05) is 12.8 Å². The topological polar surface area (TPSA) is 62.4 Å². The fourth-order valence-electron chi connectivity index (χ4n) is 2.46. The number of aromatic nitrogens is 1. The maximum atomic E-state index is 10.0. The van der Waals surface area contributed by atoms with Crippen LogP contribution in [0.15, 0.2) is 12.3 Å². The van der Waals surface area contributed by atoms with Crippen LogP contribution in [-0.2, 0) is 0 Å². The van der Waals surface area contributed by atoms with Crippen LogP contribution in [0.4, 0.5) is 11.5 Å². The van der Waals surface area contributed by atoms with Crippen molar-refractivity contribution in [1.29, 1.82) is 0 Å². The van der Waals surface area contributed by atoms with E-state index in [1.165, 1.54) is 6.42 Å². The van der Waals surface area contributed by atoms with E-state index < -0.39 is 0 Å². The molecule has 1 aromatic rings. The van der Waals surface area contributed by atoms with Crippen molar-refractivity contribution in [3.8, 4) is 0 Å². The summed E-state index contributed by atoms with van der Waals surface area (Å²) < 4.78 is 0. The first kappa shape index (κ1) is 12.2. The van der Waals surface area contributed by atoms with Crippen molar-refractivity contribution in [3.63, 3.8) is 0 Å². The normalized spacial score (nSPS) is 24.6. The number of hydrogen-bond acceptors (Lipinski definition) is 4. The second-order valence-electron chi connectivity index (χ2n) is 4.93. The number of likely N-dealkylation sites (N-methyl/N-ethyl adjacent to an activating group) is 1. The third-order valence-electron chi connectivity index (χ3n) is 3.69. The van der Waals surface area contributed by atoms with Crippen molar-refractivity contribution in [3.05, 3.63) is 17.8 Å². The van der Waals surface area contributed by atoms with Gasteiger partial charge >= 0.3 is 0 Å². The summed E-state index contributed by atoms with van der Waals surface area (Å²) in [7, 11) is 2.00. The van der Waals surface area contributed by atoms with Crippen LogP contribution in [0, 0.1) is 6.92 Å². The minimum Gasteiger partial charge on any atom is -0.397 e. The van der Waals surface area contributed by atoms with Gasteiger partial charge in [0.15, 0.2) is 0 Å². The van der Waals surface area contributed by atoms with Gasteiger partial charge in [0.1, 0.15) is 5.82 Å². The van der Waals surface area contributed by atoms with Crippen LogP contribution in [0.5, 0.6) is 0 Å². The molecule has 0 bridgehead atoms. The molecule has 0 saturated heterocycles. The highest BCUT2D eigenvalue weighted by atomic mass is 16.3. The van der Waals surface area contributed by atoms with Gasteiger partial charge in [-0.15, -0.1) is 0 Å². The molecule has 1 aliphatic carbocycles. The molecule has 0 spiro atoms. The van der Waals surface area contributed by atoms with E-state index in [1.807, 2.05) is 20.0 Å². The van der Waals surface area contributed by atoms with E-state index in [2.05, 4.69) is 9.88 Å². The van der Waals surface area contributed by atoms with Crippen molar-refractivity contribution in [2.24, 2.45) is 0 Å². The molecule has 17 heavy (non-hydrogen) atoms. The Balaban J connectivity index is 2.17.